The Bertz CT molecular complexity index is 1370. The molecule has 1 aliphatic carbocycles. The van der Waals surface area contributed by atoms with Crippen molar-refractivity contribution in [2.75, 3.05) is 18.0 Å². The van der Waals surface area contributed by atoms with Crippen LogP contribution in [0.1, 0.15) is 48.6 Å². The molecule has 8 nitrogen and oxygen atoms in total. The van der Waals surface area contributed by atoms with E-state index in [1.807, 2.05) is 16.7 Å². The van der Waals surface area contributed by atoms with Crippen molar-refractivity contribution >= 4 is 17.5 Å². The third kappa shape index (κ3) is 3.79. The minimum Gasteiger partial charge on any atom is -0.340 e. The Morgan fingerprint density at radius 2 is 1.94 bits per heavy atom. The molecule has 36 heavy (non-hydrogen) atoms. The van der Waals surface area contributed by atoms with Gasteiger partial charge in [0.25, 0.3) is 0 Å². The Labute approximate surface area is 210 Å². The summed E-state index contributed by atoms with van der Waals surface area (Å²) in [6, 6.07) is 7.31. The Hall–Kier alpha value is -3.23. The van der Waals surface area contributed by atoms with Crippen LogP contribution in [0.25, 0.3) is 5.69 Å². The normalized spacial score (nSPS) is 20.1. The second-order valence-corrected chi connectivity index (χ2v) is 10.5. The maximum atomic E-state index is 13.6. The number of hydrogen-bond donors (Lipinski definition) is 0. The van der Waals surface area contributed by atoms with E-state index in [-0.39, 0.29) is 24.4 Å². The molecule has 0 N–H and O–H groups in total. The fraction of sp³-hybridized carbons (Fsp3) is 0.458. The molecular formula is C24H22ClF3N8. The highest BCUT2D eigenvalue weighted by Crippen LogP contribution is 2.56. The smallest absolute Gasteiger partial charge is 0.340 e. The quantitative estimate of drug-likeness (QED) is 0.517. The lowest BCUT2D eigenvalue weighted by Crippen LogP contribution is -2.62. The molecule has 2 fully saturated rings. The zero-order valence-electron chi connectivity index (χ0n) is 19.4. The van der Waals surface area contributed by atoms with E-state index in [2.05, 4.69) is 25.1 Å². The molecular weight excluding hydrogens is 493 g/mol. The van der Waals surface area contributed by atoms with Gasteiger partial charge in [-0.1, -0.05) is 11.6 Å². The van der Waals surface area contributed by atoms with Gasteiger partial charge in [-0.25, -0.2) is 9.97 Å². The lowest BCUT2D eigenvalue weighted by atomic mass is 9.57. The van der Waals surface area contributed by atoms with E-state index >= 15 is 0 Å². The third-order valence-electron chi connectivity index (χ3n) is 7.59. The van der Waals surface area contributed by atoms with Crippen LogP contribution in [0.2, 0.25) is 5.02 Å². The van der Waals surface area contributed by atoms with Gasteiger partial charge in [-0.05, 0) is 49.6 Å². The molecule has 186 valence electrons. The maximum absolute atomic E-state index is 13.6. The van der Waals surface area contributed by atoms with Crippen LogP contribution >= 0.6 is 11.6 Å². The fourth-order valence-corrected chi connectivity index (χ4v) is 5.88. The van der Waals surface area contributed by atoms with Crippen LogP contribution in [0.15, 0.2) is 30.5 Å². The van der Waals surface area contributed by atoms with Gasteiger partial charge in [0.15, 0.2) is 5.82 Å². The zero-order chi connectivity index (χ0) is 25.2. The number of hydrogen-bond acceptors (Lipinski definition) is 7. The maximum Gasteiger partial charge on any atom is 0.403 e. The SMILES string of the molecule is CC(N1Cc2cc(Cl)ccc2-n2c(nnc2C2CC3(C2)CN(c2nccc(C#N)n2)C3)C1)C(F)(F)F. The number of anilines is 1. The molecule has 0 radical (unpaired) electrons. The van der Waals surface area contributed by atoms with Gasteiger partial charge in [-0.15, -0.1) is 10.2 Å². The van der Waals surface area contributed by atoms with Gasteiger partial charge in [0.2, 0.25) is 5.95 Å². The summed E-state index contributed by atoms with van der Waals surface area (Å²) in [7, 11) is 0. The van der Waals surface area contributed by atoms with Gasteiger partial charge in [0.05, 0.1) is 12.2 Å². The molecule has 1 saturated carbocycles. The Kier molecular flexibility index (Phi) is 5.25. The largest absolute Gasteiger partial charge is 0.403 e. The number of aromatic nitrogens is 5. The number of fused-ring (bicyclic) bond motifs is 3. The minimum atomic E-state index is -4.36. The van der Waals surface area contributed by atoms with Gasteiger partial charge < -0.3 is 4.90 Å². The molecule has 3 aliphatic rings. The van der Waals surface area contributed by atoms with Gasteiger partial charge in [0, 0.05) is 42.2 Å². The summed E-state index contributed by atoms with van der Waals surface area (Å²) in [6.45, 7) is 2.92. The summed E-state index contributed by atoms with van der Waals surface area (Å²) in [5.41, 5.74) is 1.96. The number of benzene rings is 1. The first-order chi connectivity index (χ1) is 17.2. The van der Waals surface area contributed by atoms with Crippen molar-refractivity contribution in [2.24, 2.45) is 5.41 Å². The Morgan fingerprint density at radius 1 is 1.17 bits per heavy atom. The molecule has 3 aromatic rings. The van der Waals surface area contributed by atoms with E-state index in [1.54, 1.807) is 24.4 Å². The van der Waals surface area contributed by atoms with Gasteiger partial charge >= 0.3 is 6.18 Å². The van der Waals surface area contributed by atoms with E-state index in [0.29, 0.717) is 22.5 Å². The summed E-state index contributed by atoms with van der Waals surface area (Å²) in [4.78, 5) is 12.0. The fourth-order valence-electron chi connectivity index (χ4n) is 5.69. The molecule has 1 unspecified atom stereocenters. The molecule has 0 amide bonds. The van der Waals surface area contributed by atoms with Crippen LogP contribution in [0.3, 0.4) is 0 Å². The third-order valence-corrected chi connectivity index (χ3v) is 7.83. The first-order valence-corrected chi connectivity index (χ1v) is 12.1. The number of nitrogens with zero attached hydrogens (tertiary/aromatic N) is 8. The topological polar surface area (TPSA) is 86.8 Å². The standard InChI is InChI=1S/C24H22ClF3N8/c1-14(24(26,27)28)34-10-15-6-17(25)2-3-19(15)36-20(11-34)32-33-21(36)16-7-23(8-16)12-35(13-23)22-30-5-4-18(9-29)31-22/h2-6,14,16H,7-8,10-13H2,1H3. The van der Waals surface area contributed by atoms with Gasteiger partial charge in [-0.3, -0.25) is 9.47 Å². The highest BCUT2D eigenvalue weighted by molar-refractivity contribution is 6.30. The predicted molar refractivity (Wildman–Crippen MR) is 125 cm³/mol. The second kappa shape index (κ2) is 8.15. The summed E-state index contributed by atoms with van der Waals surface area (Å²) in [5.74, 6) is 1.99. The average Bonchev–Trinajstić information content (AvgIpc) is 3.11. The number of rotatable bonds is 3. The van der Waals surface area contributed by atoms with Gasteiger partial charge in [-0.2, -0.15) is 18.4 Å². The van der Waals surface area contributed by atoms with Crippen LogP contribution in [0.5, 0.6) is 0 Å². The first kappa shape index (κ1) is 23.2. The van der Waals surface area contributed by atoms with Gasteiger partial charge in [0.1, 0.15) is 23.6 Å². The highest BCUT2D eigenvalue weighted by Gasteiger charge is 2.55. The molecule has 2 aromatic heterocycles. The zero-order valence-corrected chi connectivity index (χ0v) is 20.1. The van der Waals surface area contributed by atoms with Crippen molar-refractivity contribution in [2.45, 2.75) is 51.0 Å². The average molecular weight is 515 g/mol. The Balaban J connectivity index is 1.25. The molecule has 4 heterocycles. The molecule has 1 atom stereocenters. The summed E-state index contributed by atoms with van der Waals surface area (Å²) < 4.78 is 42.7. The van der Waals surface area contributed by atoms with Crippen molar-refractivity contribution in [3.05, 3.63) is 58.4 Å². The molecule has 1 spiro atoms. The summed E-state index contributed by atoms with van der Waals surface area (Å²) in [5, 5.41) is 18.4. The lowest BCUT2D eigenvalue weighted by molar-refractivity contribution is -0.182. The highest BCUT2D eigenvalue weighted by atomic mass is 35.5. The monoisotopic (exact) mass is 514 g/mol. The van der Waals surface area contributed by atoms with E-state index < -0.39 is 12.2 Å². The molecule has 2 aliphatic heterocycles. The van der Waals surface area contributed by atoms with E-state index in [4.69, 9.17) is 16.9 Å². The summed E-state index contributed by atoms with van der Waals surface area (Å²) in [6.07, 6.45) is -0.979. The summed E-state index contributed by atoms with van der Waals surface area (Å²) >= 11 is 6.22. The van der Waals surface area contributed by atoms with Crippen molar-refractivity contribution < 1.29 is 13.2 Å². The second-order valence-electron chi connectivity index (χ2n) is 10.0. The number of nitriles is 1. The van der Waals surface area contributed by atoms with E-state index in [1.165, 1.54) is 11.8 Å². The molecule has 6 rings (SSSR count). The van der Waals surface area contributed by atoms with Crippen LogP contribution in [-0.2, 0) is 13.1 Å². The predicted octanol–water partition coefficient (Wildman–Crippen LogP) is 4.23. The van der Waals surface area contributed by atoms with Crippen LogP contribution in [-0.4, -0.2) is 54.9 Å². The Morgan fingerprint density at radius 3 is 2.67 bits per heavy atom. The van der Waals surface area contributed by atoms with Crippen LogP contribution in [0.4, 0.5) is 19.1 Å². The lowest BCUT2D eigenvalue weighted by Gasteiger charge is -2.58. The van der Waals surface area contributed by atoms with E-state index in [0.717, 1.165) is 43.0 Å². The molecule has 12 heteroatoms. The minimum absolute atomic E-state index is 0.0399. The van der Waals surface area contributed by atoms with Crippen LogP contribution in [0, 0.1) is 16.7 Å². The van der Waals surface area contributed by atoms with Crippen molar-refractivity contribution in [1.29, 1.82) is 5.26 Å². The van der Waals surface area contributed by atoms with Crippen molar-refractivity contribution in [3.8, 4) is 11.8 Å². The molecule has 1 aromatic carbocycles. The first-order valence-electron chi connectivity index (χ1n) is 11.7. The van der Waals surface area contributed by atoms with E-state index in [9.17, 15) is 13.2 Å². The van der Waals surface area contributed by atoms with Crippen molar-refractivity contribution in [1.82, 2.24) is 29.6 Å². The van der Waals surface area contributed by atoms with Crippen LogP contribution < -0.4 is 4.90 Å². The molecule has 1 saturated heterocycles. The van der Waals surface area contributed by atoms with Crippen molar-refractivity contribution in [3.63, 3.8) is 0 Å². The number of halogens is 4. The molecule has 0 bridgehead atoms. The number of alkyl halides is 3.